The lowest BCUT2D eigenvalue weighted by Gasteiger charge is -2.06. The maximum Gasteiger partial charge on any atom is 0.128 e. The van der Waals surface area contributed by atoms with Gasteiger partial charge in [-0.2, -0.15) is 0 Å². The summed E-state index contributed by atoms with van der Waals surface area (Å²) in [5.41, 5.74) is 1.86. The quantitative estimate of drug-likeness (QED) is 0.474. The Morgan fingerprint density at radius 3 is 2.68 bits per heavy atom. The van der Waals surface area contributed by atoms with Gasteiger partial charge in [-0.05, 0) is 18.2 Å². The van der Waals surface area contributed by atoms with Crippen LogP contribution in [-0.4, -0.2) is 17.6 Å². The first kappa shape index (κ1) is 14.2. The zero-order valence-corrected chi connectivity index (χ0v) is 12.7. The van der Waals surface area contributed by atoms with Crippen LogP contribution in [0.1, 0.15) is 10.4 Å². The Hall–Kier alpha value is -1.26. The van der Waals surface area contributed by atoms with Crippen molar-refractivity contribution in [2.24, 2.45) is 14.1 Å². The van der Waals surface area contributed by atoms with E-state index in [2.05, 4.69) is 9.13 Å². The molecule has 2 rings (SSSR count). The smallest absolute Gasteiger partial charge is 0.128 e. The maximum atomic E-state index is 12.1. The number of aryl methyl sites for hydroxylation is 2. The molecule has 100 valence electrons. The van der Waals surface area contributed by atoms with Gasteiger partial charge in [0.25, 0.3) is 0 Å². The van der Waals surface area contributed by atoms with Gasteiger partial charge in [0.1, 0.15) is 25.5 Å². The van der Waals surface area contributed by atoms with Crippen molar-refractivity contribution in [1.82, 2.24) is 4.57 Å². The van der Waals surface area contributed by atoms with E-state index in [0.29, 0.717) is 21.9 Å². The summed E-state index contributed by atoms with van der Waals surface area (Å²) >= 11 is 11.8. The zero-order valence-electron chi connectivity index (χ0n) is 11.2. The normalized spacial score (nSPS) is 10.7. The Bertz CT molecular complexity index is 606. The largest absolute Gasteiger partial charge is 0.298 e. The van der Waals surface area contributed by atoms with E-state index < -0.39 is 7.28 Å². The maximum absolute atomic E-state index is 12.1. The van der Waals surface area contributed by atoms with E-state index in [0.717, 1.165) is 0 Å². The second-order valence-corrected chi connectivity index (χ2v) is 5.64. The van der Waals surface area contributed by atoms with E-state index in [1.54, 1.807) is 18.2 Å². The van der Waals surface area contributed by atoms with Crippen molar-refractivity contribution < 1.29 is 9.36 Å². The van der Waals surface area contributed by atoms with Crippen molar-refractivity contribution in [3.63, 3.8) is 0 Å². The summed E-state index contributed by atoms with van der Waals surface area (Å²) in [5, 5.41) is 0.903. The Labute approximate surface area is 123 Å². The fourth-order valence-corrected chi connectivity index (χ4v) is 2.65. The Balaban J connectivity index is 2.07. The fraction of sp³-hybridized carbons (Fsp3) is 0.231. The number of hydrogen-bond acceptors (Lipinski definition) is 1. The number of carbonyl (C=O) groups is 1. The third-order valence-electron chi connectivity index (χ3n) is 3.59. The summed E-state index contributed by atoms with van der Waals surface area (Å²) in [5.74, 6) is 0.125. The molecule has 0 saturated carbocycles. The zero-order chi connectivity index (χ0) is 14.0. The first-order chi connectivity index (χ1) is 8.99. The molecule has 0 fully saturated rings. The van der Waals surface area contributed by atoms with E-state index >= 15 is 0 Å². The van der Waals surface area contributed by atoms with Crippen LogP contribution in [0.5, 0.6) is 0 Å². The minimum absolute atomic E-state index is 0.125. The molecule has 3 nitrogen and oxygen atoms in total. The summed E-state index contributed by atoms with van der Waals surface area (Å²) in [7, 11) is 3.50. The summed E-state index contributed by atoms with van der Waals surface area (Å²) in [6, 6.07) is 5.04. The van der Waals surface area contributed by atoms with Crippen LogP contribution < -0.4 is 10.3 Å². The average Bonchev–Trinajstić information content (AvgIpc) is 2.69. The summed E-state index contributed by atoms with van der Waals surface area (Å²) in [6.07, 6.45) is 4.58. The molecule has 0 spiro atoms. The van der Waals surface area contributed by atoms with Crippen molar-refractivity contribution in [3.8, 4) is 0 Å². The molecule has 19 heavy (non-hydrogen) atoms. The highest BCUT2D eigenvalue weighted by atomic mass is 35.5. The van der Waals surface area contributed by atoms with Crippen LogP contribution in [0.3, 0.4) is 0 Å². The number of aromatic nitrogens is 2. The van der Waals surface area contributed by atoms with Gasteiger partial charge in [-0.25, -0.2) is 0 Å². The second-order valence-electron chi connectivity index (χ2n) is 4.83. The molecule has 0 amide bonds. The Morgan fingerprint density at radius 1 is 1.37 bits per heavy atom. The number of Topliss-reactive ketones (excluding diaryl/α,β-unsaturated/α-hetero) is 1. The molecule has 0 N–H and O–H groups in total. The van der Waals surface area contributed by atoms with Gasteiger partial charge in [-0.1, -0.05) is 23.2 Å². The number of halogens is 2. The van der Waals surface area contributed by atoms with Gasteiger partial charge in [0.15, 0.2) is 0 Å². The van der Waals surface area contributed by atoms with Crippen molar-refractivity contribution >= 4 is 42.0 Å². The van der Waals surface area contributed by atoms with Crippen molar-refractivity contribution in [3.05, 3.63) is 46.2 Å². The number of benzene rings is 1. The molecule has 0 saturated heterocycles. The number of ketones is 1. The summed E-state index contributed by atoms with van der Waals surface area (Å²) < 4.78 is 4.14. The standard InChI is InChI=1S/C13H15BCl2N2O/c1-17-5-6-18(2)13(17)14-8-12(19)9-3-4-10(15)11(16)7-9/h3-7H,8,14H2,1-2H3. The molecule has 0 radical (unpaired) electrons. The molecule has 0 aliphatic heterocycles. The average molecular weight is 297 g/mol. The molecule has 6 heteroatoms. The molecule has 0 atom stereocenters. The van der Waals surface area contributed by atoms with Gasteiger partial charge >= 0.3 is 0 Å². The molecular weight excluding hydrogens is 282 g/mol. The first-order valence-corrected chi connectivity index (χ1v) is 7.08. The number of imidazole rings is 1. The van der Waals surface area contributed by atoms with Gasteiger partial charge in [-0.3, -0.25) is 13.9 Å². The number of rotatable bonds is 4. The van der Waals surface area contributed by atoms with Crippen molar-refractivity contribution in [1.29, 1.82) is 0 Å². The van der Waals surface area contributed by atoms with E-state index in [1.807, 2.05) is 26.5 Å². The van der Waals surface area contributed by atoms with Crippen LogP contribution >= 0.6 is 23.2 Å². The van der Waals surface area contributed by atoms with Crippen LogP contribution in [0.4, 0.5) is 0 Å². The minimum atomic E-state index is -0.507. The van der Waals surface area contributed by atoms with Gasteiger partial charge < -0.3 is 0 Å². The van der Waals surface area contributed by atoms with Crippen molar-refractivity contribution in [2.75, 3.05) is 0 Å². The van der Waals surface area contributed by atoms with E-state index in [1.165, 1.54) is 5.72 Å². The Morgan fingerprint density at radius 2 is 2.11 bits per heavy atom. The summed E-state index contributed by atoms with van der Waals surface area (Å²) in [6.45, 7) is 0. The monoisotopic (exact) mass is 296 g/mol. The molecule has 1 aromatic heterocycles. The lowest BCUT2D eigenvalue weighted by atomic mass is 9.70. The SMILES string of the molecule is Cn1cc[n+](C)c1[BH2-]CC(=O)c1ccc(Cl)c(Cl)c1. The van der Waals surface area contributed by atoms with Gasteiger partial charge in [0, 0.05) is 5.56 Å². The van der Waals surface area contributed by atoms with E-state index in [9.17, 15) is 4.79 Å². The highest BCUT2D eigenvalue weighted by Gasteiger charge is 2.10. The van der Waals surface area contributed by atoms with Gasteiger partial charge in [0.05, 0.1) is 29.9 Å². The molecule has 1 aromatic carbocycles. The molecule has 0 unspecified atom stereocenters. The number of carbonyl (C=O) groups excluding carboxylic acids is 1. The van der Waals surface area contributed by atoms with Crippen LogP contribution in [0.2, 0.25) is 16.4 Å². The highest BCUT2D eigenvalue weighted by molar-refractivity contribution is 6.55. The predicted octanol–water partition coefficient (Wildman–Crippen LogP) is 1.25. The third-order valence-corrected chi connectivity index (χ3v) is 4.33. The molecule has 0 aliphatic rings. The highest BCUT2D eigenvalue weighted by Crippen LogP contribution is 2.23. The molecule has 1 heterocycles. The van der Waals surface area contributed by atoms with Crippen LogP contribution in [0, 0.1) is 0 Å². The lowest BCUT2D eigenvalue weighted by Crippen LogP contribution is -2.49. The molecule has 2 aromatic rings. The van der Waals surface area contributed by atoms with Gasteiger partial charge in [-0.15, -0.1) is 6.32 Å². The Kier molecular flexibility index (Phi) is 4.33. The molecule has 0 bridgehead atoms. The van der Waals surface area contributed by atoms with Gasteiger partial charge in [0.2, 0.25) is 0 Å². The first-order valence-electron chi connectivity index (χ1n) is 6.32. The number of nitrogens with zero attached hydrogens (tertiary/aromatic N) is 2. The summed E-state index contributed by atoms with van der Waals surface area (Å²) in [4.78, 5) is 12.1. The molecular formula is C13H15BCl2N2O. The van der Waals surface area contributed by atoms with Crippen molar-refractivity contribution in [2.45, 2.75) is 6.32 Å². The van der Waals surface area contributed by atoms with E-state index in [4.69, 9.17) is 23.2 Å². The van der Waals surface area contributed by atoms with Crippen LogP contribution in [0.15, 0.2) is 30.6 Å². The van der Waals surface area contributed by atoms with Crippen LogP contribution in [0.25, 0.3) is 0 Å². The lowest BCUT2D eigenvalue weighted by molar-refractivity contribution is -0.653. The third kappa shape index (κ3) is 3.20. The minimum Gasteiger partial charge on any atom is -0.298 e. The second kappa shape index (κ2) is 5.80. The number of hydrogen-bond donors (Lipinski definition) is 0. The fourth-order valence-electron chi connectivity index (χ4n) is 2.36. The predicted molar refractivity (Wildman–Crippen MR) is 80.4 cm³/mol. The molecule has 0 aliphatic carbocycles. The topological polar surface area (TPSA) is 25.9 Å². The van der Waals surface area contributed by atoms with E-state index in [-0.39, 0.29) is 5.78 Å². The van der Waals surface area contributed by atoms with Crippen LogP contribution in [-0.2, 0) is 14.1 Å².